The Balaban J connectivity index is 1.47. The quantitative estimate of drug-likeness (QED) is 0.494. The van der Waals surface area contributed by atoms with Crippen molar-refractivity contribution in [3.8, 4) is 0 Å². The monoisotopic (exact) mass is 525 g/mol. The number of nitrogens with one attached hydrogen (secondary N) is 1. The summed E-state index contributed by atoms with van der Waals surface area (Å²) < 4.78 is 18.0. The first kappa shape index (κ1) is 29.0. The topological polar surface area (TPSA) is 77.0 Å². The molecule has 210 valence electrons. The number of aliphatic hydroxyl groups excluding tert-OH is 1. The third-order valence-corrected chi connectivity index (χ3v) is 8.36. The maximum Gasteiger partial charge on any atom is 0.243 e. The molecular formula is C32H47NO5. The fraction of sp³-hybridized carbons (Fsp3) is 0.656. The molecule has 38 heavy (non-hydrogen) atoms. The molecular weight excluding hydrogens is 478 g/mol. The maximum atomic E-state index is 13.0. The minimum atomic E-state index is -0.394. The highest BCUT2D eigenvalue weighted by Crippen LogP contribution is 2.46. The number of fused-ring (bicyclic) bond motifs is 3. The van der Waals surface area contributed by atoms with Gasteiger partial charge < -0.3 is 24.6 Å². The number of carbonyl (C=O) groups is 1. The van der Waals surface area contributed by atoms with Crippen LogP contribution < -0.4 is 5.32 Å². The average Bonchev–Trinajstić information content (AvgIpc) is 3.63. The van der Waals surface area contributed by atoms with E-state index in [9.17, 15) is 9.90 Å². The van der Waals surface area contributed by atoms with E-state index in [1.54, 1.807) is 13.2 Å². The van der Waals surface area contributed by atoms with Crippen molar-refractivity contribution in [3.05, 3.63) is 60.3 Å². The zero-order chi connectivity index (χ0) is 27.1. The van der Waals surface area contributed by atoms with E-state index in [0.29, 0.717) is 31.3 Å². The molecule has 4 aliphatic rings. The van der Waals surface area contributed by atoms with E-state index in [-0.39, 0.29) is 42.3 Å². The van der Waals surface area contributed by atoms with Crippen LogP contribution in [0.4, 0.5) is 0 Å². The molecule has 2 N–H and O–H groups in total. The van der Waals surface area contributed by atoms with Crippen LogP contribution in [0.15, 0.2) is 60.3 Å². The van der Waals surface area contributed by atoms with Crippen molar-refractivity contribution in [2.24, 2.45) is 17.8 Å². The highest BCUT2D eigenvalue weighted by atomic mass is 16.5. The third-order valence-electron chi connectivity index (χ3n) is 8.36. The van der Waals surface area contributed by atoms with E-state index < -0.39 is 6.10 Å². The van der Waals surface area contributed by atoms with Gasteiger partial charge in [0.05, 0.1) is 43.2 Å². The summed E-state index contributed by atoms with van der Waals surface area (Å²) in [6.45, 7) is 9.28. The van der Waals surface area contributed by atoms with E-state index in [4.69, 9.17) is 14.2 Å². The first-order valence-corrected chi connectivity index (χ1v) is 14.4. The van der Waals surface area contributed by atoms with Crippen molar-refractivity contribution in [2.75, 3.05) is 13.7 Å². The van der Waals surface area contributed by atoms with Gasteiger partial charge in [-0.05, 0) is 82.1 Å². The van der Waals surface area contributed by atoms with Crippen molar-refractivity contribution in [1.82, 2.24) is 5.32 Å². The first-order valence-electron chi connectivity index (χ1n) is 14.4. The fourth-order valence-corrected chi connectivity index (χ4v) is 6.23. The predicted molar refractivity (Wildman–Crippen MR) is 151 cm³/mol. The van der Waals surface area contributed by atoms with Crippen molar-refractivity contribution in [2.45, 2.75) is 102 Å². The van der Waals surface area contributed by atoms with Gasteiger partial charge >= 0.3 is 0 Å². The molecule has 6 unspecified atom stereocenters. The van der Waals surface area contributed by atoms with E-state index in [2.05, 4.69) is 50.0 Å². The molecule has 0 aromatic carbocycles. The Hall–Kier alpha value is -1.99. The van der Waals surface area contributed by atoms with Crippen LogP contribution in [0.25, 0.3) is 0 Å². The second-order valence-corrected chi connectivity index (χ2v) is 11.9. The summed E-state index contributed by atoms with van der Waals surface area (Å²) in [6.07, 6.45) is 20.2. The van der Waals surface area contributed by atoms with Crippen LogP contribution in [0.2, 0.25) is 0 Å². The maximum absolute atomic E-state index is 13.0. The predicted octanol–water partition coefficient (Wildman–Crippen LogP) is 5.20. The average molecular weight is 526 g/mol. The molecule has 1 fully saturated rings. The molecule has 3 aliphatic heterocycles. The zero-order valence-corrected chi connectivity index (χ0v) is 23.4. The van der Waals surface area contributed by atoms with Crippen molar-refractivity contribution in [3.63, 3.8) is 0 Å². The number of carbonyl (C=O) groups excluding carboxylic acids is 1. The Morgan fingerprint density at radius 2 is 2.03 bits per heavy atom. The second kappa shape index (κ2) is 13.9. The number of aliphatic hydroxyl groups is 1. The van der Waals surface area contributed by atoms with Crippen LogP contribution >= 0.6 is 0 Å². The molecule has 0 radical (unpaired) electrons. The van der Waals surface area contributed by atoms with Crippen molar-refractivity contribution in [1.29, 1.82) is 0 Å². The Labute approximate surface area is 228 Å². The van der Waals surface area contributed by atoms with Gasteiger partial charge in [-0.15, -0.1) is 0 Å². The molecule has 0 spiro atoms. The summed E-state index contributed by atoms with van der Waals surface area (Å²) >= 11 is 0. The molecule has 3 heterocycles. The summed E-state index contributed by atoms with van der Waals surface area (Å²) in [5.74, 6) is 0.909. The highest BCUT2D eigenvalue weighted by Gasteiger charge is 2.44. The molecule has 0 saturated heterocycles. The summed E-state index contributed by atoms with van der Waals surface area (Å²) in [4.78, 5) is 13.0. The Bertz CT molecular complexity index is 936. The number of hydrogen-bond donors (Lipinski definition) is 2. The van der Waals surface area contributed by atoms with Crippen LogP contribution in [0.1, 0.15) is 65.2 Å². The lowest BCUT2D eigenvalue weighted by Gasteiger charge is -2.28. The van der Waals surface area contributed by atoms with Crippen molar-refractivity contribution < 1.29 is 24.1 Å². The van der Waals surface area contributed by atoms with Gasteiger partial charge in [-0.25, -0.2) is 0 Å². The molecule has 1 amide bonds. The molecule has 0 aromatic rings. The smallest absolute Gasteiger partial charge is 0.243 e. The van der Waals surface area contributed by atoms with Crippen LogP contribution in [0.3, 0.4) is 0 Å². The van der Waals surface area contributed by atoms with E-state index in [0.717, 1.165) is 44.1 Å². The Kier molecular flexibility index (Phi) is 10.6. The van der Waals surface area contributed by atoms with Gasteiger partial charge in [-0.2, -0.15) is 0 Å². The lowest BCUT2D eigenvalue weighted by molar-refractivity contribution is -0.118. The van der Waals surface area contributed by atoms with Gasteiger partial charge in [-0.1, -0.05) is 61.1 Å². The molecule has 1 aliphatic carbocycles. The van der Waals surface area contributed by atoms with Gasteiger partial charge in [-0.3, -0.25) is 4.79 Å². The van der Waals surface area contributed by atoms with Gasteiger partial charge in [0.15, 0.2) is 0 Å². The van der Waals surface area contributed by atoms with Gasteiger partial charge in [0.25, 0.3) is 0 Å². The first-order chi connectivity index (χ1) is 18.3. The molecule has 1 saturated carbocycles. The molecule has 4 rings (SSSR count). The highest BCUT2D eigenvalue weighted by molar-refractivity contribution is 5.87. The largest absolute Gasteiger partial charge is 0.392 e. The van der Waals surface area contributed by atoms with Crippen LogP contribution in [0.5, 0.6) is 0 Å². The third kappa shape index (κ3) is 8.77. The van der Waals surface area contributed by atoms with E-state index in [1.165, 1.54) is 5.57 Å². The SMILES string of the molecule is C=C1CC(C)CC2CC=C[C@@H](C/C=C\C(=O)NC(C(/C=C/C3CC(C)=CCO3)OC)C[C@@H]3C[C@H]3C(O)C1)O2. The van der Waals surface area contributed by atoms with Gasteiger partial charge in [0.2, 0.25) is 5.91 Å². The normalized spacial score (nSPS) is 38.9. The molecule has 2 bridgehead atoms. The van der Waals surface area contributed by atoms with Crippen molar-refractivity contribution >= 4 is 5.91 Å². The van der Waals surface area contributed by atoms with Gasteiger partial charge in [0, 0.05) is 7.11 Å². The number of amides is 1. The second-order valence-electron chi connectivity index (χ2n) is 11.9. The summed E-state index contributed by atoms with van der Waals surface area (Å²) in [5.41, 5.74) is 2.44. The Morgan fingerprint density at radius 3 is 2.82 bits per heavy atom. The molecule has 6 heteroatoms. The number of ether oxygens (including phenoxy) is 3. The summed E-state index contributed by atoms with van der Waals surface area (Å²) in [5, 5.41) is 14.2. The number of methoxy groups -OCH3 is 1. The van der Waals surface area contributed by atoms with Crippen LogP contribution in [0, 0.1) is 17.8 Å². The molecule has 0 aromatic heterocycles. The standard InChI is InChI=1S/C32H47NO5/c1-21-13-14-37-26(16-21)11-12-31(36-4)29-20-24-19-28(24)30(34)18-23(3)15-22(2)17-27-9-5-7-25(38-27)8-6-10-32(35)33-29/h5-7,10-13,22,24-31,34H,3,8-9,14-20H2,1-2,4H3,(H,33,35)/b10-6-,12-11+/t22?,24-,25-,26?,27?,28+,29?,30?,31?/m0/s1. The lowest BCUT2D eigenvalue weighted by Crippen LogP contribution is -2.43. The summed E-state index contributed by atoms with van der Waals surface area (Å²) in [6, 6.07) is -0.201. The lowest BCUT2D eigenvalue weighted by atomic mass is 9.90. The van der Waals surface area contributed by atoms with Crippen LogP contribution in [-0.2, 0) is 19.0 Å². The number of hydrogen-bond acceptors (Lipinski definition) is 5. The van der Waals surface area contributed by atoms with Gasteiger partial charge in [0.1, 0.15) is 0 Å². The Morgan fingerprint density at radius 1 is 1.18 bits per heavy atom. The fourth-order valence-electron chi connectivity index (χ4n) is 6.23. The van der Waals surface area contributed by atoms with E-state index >= 15 is 0 Å². The minimum absolute atomic E-state index is 0.0143. The minimum Gasteiger partial charge on any atom is -0.392 e. The molecule has 9 atom stereocenters. The number of rotatable bonds is 4. The molecule has 6 nitrogen and oxygen atoms in total. The van der Waals surface area contributed by atoms with Crippen LogP contribution in [-0.4, -0.2) is 61.3 Å². The zero-order valence-electron chi connectivity index (χ0n) is 23.4. The summed E-state index contributed by atoms with van der Waals surface area (Å²) in [7, 11) is 1.68. The van der Waals surface area contributed by atoms with E-state index in [1.807, 2.05) is 12.2 Å².